The van der Waals surface area contributed by atoms with Crippen LogP contribution in [0, 0.1) is 11.3 Å². The Kier molecular flexibility index (Phi) is 6.00. The first kappa shape index (κ1) is 24.6. The summed E-state index contributed by atoms with van der Waals surface area (Å²) in [4.78, 5) is 38.3. The molecule has 2 aromatic rings. The third kappa shape index (κ3) is 4.55. The highest BCUT2D eigenvalue weighted by Crippen LogP contribution is 2.47. The maximum absolute atomic E-state index is 12.5. The number of nitrogens with one attached hydrogen (secondary N) is 2. The number of piperidine rings is 1. The number of rotatable bonds is 3. The molecule has 1 saturated carbocycles. The highest BCUT2D eigenvalue weighted by Gasteiger charge is 2.50. The molecule has 1 unspecified atom stereocenters. The van der Waals surface area contributed by atoms with Crippen LogP contribution in [0.4, 0.5) is 10.5 Å². The van der Waals surface area contributed by atoms with E-state index in [1.54, 1.807) is 0 Å². The van der Waals surface area contributed by atoms with Gasteiger partial charge in [0.15, 0.2) is 0 Å². The first-order valence-corrected chi connectivity index (χ1v) is 13.0. The topological polar surface area (TPSA) is 106 Å². The second-order valence-electron chi connectivity index (χ2n) is 12.0. The molecule has 3 atom stereocenters. The van der Waals surface area contributed by atoms with Crippen LogP contribution in [-0.4, -0.2) is 57.3 Å². The number of para-hydroxylation sites is 1. The van der Waals surface area contributed by atoms with Crippen molar-refractivity contribution in [2.75, 3.05) is 18.4 Å². The van der Waals surface area contributed by atoms with Gasteiger partial charge in [0.25, 0.3) is 0 Å². The van der Waals surface area contributed by atoms with Crippen LogP contribution in [0.5, 0.6) is 0 Å². The SMILES string of the molecule is C[C@H]1CC2(CC[C@@H]1Nc1cccc3c(C4CCC(=O)NC4=O)nn(C)c13)CN(C(=O)OC(C)(C)C)C2. The molecule has 194 valence electrons. The van der Waals surface area contributed by atoms with E-state index < -0.39 is 11.5 Å². The van der Waals surface area contributed by atoms with E-state index in [4.69, 9.17) is 9.84 Å². The third-order valence-corrected chi connectivity index (χ3v) is 7.94. The predicted molar refractivity (Wildman–Crippen MR) is 137 cm³/mol. The van der Waals surface area contributed by atoms with Gasteiger partial charge in [-0.15, -0.1) is 0 Å². The summed E-state index contributed by atoms with van der Waals surface area (Å²) in [6.45, 7) is 9.52. The Hall–Kier alpha value is -3.10. The summed E-state index contributed by atoms with van der Waals surface area (Å²) in [5.41, 5.74) is 2.43. The molecule has 0 bridgehead atoms. The van der Waals surface area contributed by atoms with Gasteiger partial charge in [-0.05, 0) is 58.4 Å². The lowest BCUT2D eigenvalue weighted by molar-refractivity contribution is -0.134. The van der Waals surface area contributed by atoms with E-state index >= 15 is 0 Å². The van der Waals surface area contributed by atoms with Crippen LogP contribution < -0.4 is 10.6 Å². The highest BCUT2D eigenvalue weighted by atomic mass is 16.6. The van der Waals surface area contributed by atoms with Crippen molar-refractivity contribution >= 4 is 34.5 Å². The molecule has 9 nitrogen and oxygen atoms in total. The lowest BCUT2D eigenvalue weighted by Gasteiger charge is -2.55. The van der Waals surface area contributed by atoms with E-state index in [1.807, 2.05) is 49.5 Å². The zero-order valence-corrected chi connectivity index (χ0v) is 21.9. The Morgan fingerprint density at radius 2 is 1.97 bits per heavy atom. The maximum Gasteiger partial charge on any atom is 0.410 e. The Bertz CT molecular complexity index is 1210. The molecule has 1 aliphatic carbocycles. The van der Waals surface area contributed by atoms with Crippen molar-refractivity contribution in [3.8, 4) is 0 Å². The summed E-state index contributed by atoms with van der Waals surface area (Å²) >= 11 is 0. The van der Waals surface area contributed by atoms with Gasteiger partial charge in [0.2, 0.25) is 11.8 Å². The van der Waals surface area contributed by atoms with Gasteiger partial charge in [0, 0.05) is 43.4 Å². The first-order valence-electron chi connectivity index (χ1n) is 13.0. The van der Waals surface area contributed by atoms with Gasteiger partial charge >= 0.3 is 6.09 Å². The molecule has 1 spiro atoms. The fraction of sp³-hybridized carbons (Fsp3) is 0.630. The van der Waals surface area contributed by atoms with Crippen LogP contribution in [0.3, 0.4) is 0 Å². The second kappa shape index (κ2) is 8.78. The van der Waals surface area contributed by atoms with Gasteiger partial charge in [0.1, 0.15) is 5.60 Å². The number of aromatic nitrogens is 2. The maximum atomic E-state index is 12.5. The number of hydrogen-bond acceptors (Lipinski definition) is 6. The van der Waals surface area contributed by atoms with E-state index in [0.29, 0.717) is 24.8 Å². The minimum absolute atomic E-state index is 0.186. The van der Waals surface area contributed by atoms with Crippen LogP contribution in [0.1, 0.15) is 71.4 Å². The zero-order chi connectivity index (χ0) is 25.8. The molecule has 36 heavy (non-hydrogen) atoms. The molecule has 2 aliphatic heterocycles. The smallest absolute Gasteiger partial charge is 0.410 e. The van der Waals surface area contributed by atoms with Gasteiger partial charge in [0.05, 0.1) is 22.8 Å². The van der Waals surface area contributed by atoms with Crippen molar-refractivity contribution in [2.45, 2.75) is 77.4 Å². The van der Waals surface area contributed by atoms with Crippen molar-refractivity contribution in [1.82, 2.24) is 20.0 Å². The standard InChI is InChI=1S/C27H37N5O4/c1-16-13-27(14-32(15-27)25(35)36-26(2,3)4)12-11-19(16)28-20-8-6-7-17-22(30-31(5)23(17)20)18-9-10-21(33)29-24(18)34/h6-8,16,18-19,28H,9-15H2,1-5H3,(H,29,33,34)/t16-,18?,19-/m0/s1. The van der Waals surface area contributed by atoms with E-state index in [2.05, 4.69) is 23.6 Å². The minimum atomic E-state index is -0.473. The third-order valence-electron chi connectivity index (χ3n) is 7.94. The summed E-state index contributed by atoms with van der Waals surface area (Å²) in [6.07, 6.45) is 3.76. The van der Waals surface area contributed by atoms with Gasteiger partial charge in [-0.2, -0.15) is 5.10 Å². The number of hydrogen-bond donors (Lipinski definition) is 2. The van der Waals surface area contributed by atoms with Gasteiger partial charge in [-0.1, -0.05) is 19.1 Å². The number of benzene rings is 1. The van der Waals surface area contributed by atoms with Crippen molar-refractivity contribution < 1.29 is 19.1 Å². The fourth-order valence-electron chi connectivity index (χ4n) is 6.29. The van der Waals surface area contributed by atoms with Crippen molar-refractivity contribution in [2.24, 2.45) is 18.4 Å². The molecular weight excluding hydrogens is 458 g/mol. The molecule has 3 fully saturated rings. The van der Waals surface area contributed by atoms with Crippen LogP contribution in [0.15, 0.2) is 18.2 Å². The Labute approximate surface area is 211 Å². The predicted octanol–water partition coefficient (Wildman–Crippen LogP) is 3.93. The minimum Gasteiger partial charge on any atom is -0.444 e. The molecule has 5 rings (SSSR count). The summed E-state index contributed by atoms with van der Waals surface area (Å²) in [5.74, 6) is -0.459. The number of likely N-dealkylation sites (tertiary alicyclic amines) is 1. The van der Waals surface area contributed by atoms with Crippen LogP contribution in [0.2, 0.25) is 0 Å². The normalized spacial score (nSPS) is 26.0. The van der Waals surface area contributed by atoms with E-state index in [0.717, 1.165) is 54.6 Å². The molecule has 2 N–H and O–H groups in total. The summed E-state index contributed by atoms with van der Waals surface area (Å²) in [5, 5.41) is 11.9. The van der Waals surface area contributed by atoms with Gasteiger partial charge < -0.3 is 15.0 Å². The molecule has 2 saturated heterocycles. The number of imide groups is 1. The van der Waals surface area contributed by atoms with E-state index in [-0.39, 0.29) is 23.3 Å². The number of carbonyl (C=O) groups is 3. The summed E-state index contributed by atoms with van der Waals surface area (Å²) in [6, 6.07) is 6.39. The molecule has 1 aromatic carbocycles. The second-order valence-corrected chi connectivity index (χ2v) is 12.0. The lowest BCUT2D eigenvalue weighted by Crippen LogP contribution is -2.62. The number of aryl methyl sites for hydroxylation is 1. The van der Waals surface area contributed by atoms with Crippen LogP contribution >= 0.6 is 0 Å². The number of fused-ring (bicyclic) bond motifs is 1. The summed E-state index contributed by atoms with van der Waals surface area (Å²) < 4.78 is 7.38. The fourth-order valence-corrected chi connectivity index (χ4v) is 6.29. The Balaban J connectivity index is 1.27. The molecule has 1 aromatic heterocycles. The average molecular weight is 496 g/mol. The quantitative estimate of drug-likeness (QED) is 0.625. The number of amides is 3. The zero-order valence-electron chi connectivity index (χ0n) is 21.9. The Morgan fingerprint density at radius 1 is 1.22 bits per heavy atom. The summed E-state index contributed by atoms with van der Waals surface area (Å²) in [7, 11) is 1.90. The Morgan fingerprint density at radius 3 is 2.64 bits per heavy atom. The van der Waals surface area contributed by atoms with Crippen molar-refractivity contribution in [1.29, 1.82) is 0 Å². The van der Waals surface area contributed by atoms with Crippen LogP contribution in [0.25, 0.3) is 10.9 Å². The number of anilines is 1. The molecular formula is C27H37N5O4. The van der Waals surface area contributed by atoms with E-state index in [1.165, 1.54) is 0 Å². The number of carbonyl (C=O) groups excluding carboxylic acids is 3. The number of nitrogens with zero attached hydrogens (tertiary/aromatic N) is 3. The molecule has 3 amide bonds. The highest BCUT2D eigenvalue weighted by molar-refractivity contribution is 6.03. The molecule has 9 heteroatoms. The molecule has 0 radical (unpaired) electrons. The molecule has 3 aliphatic rings. The van der Waals surface area contributed by atoms with Gasteiger partial charge in [-0.3, -0.25) is 19.6 Å². The monoisotopic (exact) mass is 495 g/mol. The lowest BCUT2D eigenvalue weighted by atomic mass is 9.64. The molecule has 3 heterocycles. The average Bonchev–Trinajstić information content (AvgIpc) is 3.09. The van der Waals surface area contributed by atoms with Crippen molar-refractivity contribution in [3.05, 3.63) is 23.9 Å². The first-order chi connectivity index (χ1) is 16.9. The van der Waals surface area contributed by atoms with Crippen LogP contribution in [-0.2, 0) is 21.4 Å². The van der Waals surface area contributed by atoms with Gasteiger partial charge in [-0.25, -0.2) is 4.79 Å². The van der Waals surface area contributed by atoms with Crippen molar-refractivity contribution in [3.63, 3.8) is 0 Å². The largest absolute Gasteiger partial charge is 0.444 e. The van der Waals surface area contributed by atoms with E-state index in [9.17, 15) is 14.4 Å². The number of ether oxygens (including phenoxy) is 1.